The Morgan fingerprint density at radius 1 is 1.35 bits per heavy atom. The molecule has 1 heterocycles. The second-order valence-electron chi connectivity index (χ2n) is 4.67. The largest absolute Gasteiger partial charge is 0.370 e. The van der Waals surface area contributed by atoms with Crippen molar-refractivity contribution in [1.82, 2.24) is 14.3 Å². The van der Waals surface area contributed by atoms with Crippen molar-refractivity contribution in [1.29, 1.82) is 0 Å². The van der Waals surface area contributed by atoms with Gasteiger partial charge < -0.3 is 10.2 Å². The smallest absolute Gasteiger partial charge is 0.226 e. The fraction of sp³-hybridized carbons (Fsp3) is 0.667. The molecule has 1 N–H and O–H groups in total. The average Bonchev–Trinajstić information content (AvgIpc) is 2.37. The van der Waals surface area contributed by atoms with E-state index in [-0.39, 0.29) is 0 Å². The zero-order valence-corrected chi connectivity index (χ0v) is 13.3. The van der Waals surface area contributed by atoms with Crippen LogP contribution in [0.2, 0.25) is 0 Å². The summed E-state index contributed by atoms with van der Waals surface area (Å²) in [5.74, 6) is 1.38. The Morgan fingerprint density at radius 3 is 2.60 bits per heavy atom. The molecule has 0 bridgehead atoms. The number of nitrogens with zero attached hydrogens (tertiary/aromatic N) is 4. The summed E-state index contributed by atoms with van der Waals surface area (Å²) in [7, 11) is 0.654. The van der Waals surface area contributed by atoms with E-state index in [9.17, 15) is 8.42 Å². The first-order valence-corrected chi connectivity index (χ1v) is 8.38. The molecule has 0 aromatic carbocycles. The van der Waals surface area contributed by atoms with E-state index >= 15 is 0 Å². The molecular weight excluding hydrogens is 278 g/mol. The minimum absolute atomic E-state index is 0.497. The lowest BCUT2D eigenvalue weighted by molar-refractivity contribution is 0.428. The van der Waals surface area contributed by atoms with Crippen LogP contribution in [-0.2, 0) is 10.0 Å². The van der Waals surface area contributed by atoms with Gasteiger partial charge in [-0.1, -0.05) is 6.92 Å². The van der Waals surface area contributed by atoms with Crippen LogP contribution in [-0.4, -0.2) is 62.7 Å². The Balaban J connectivity index is 2.43. The Hall–Kier alpha value is -1.41. The predicted molar refractivity (Wildman–Crippen MR) is 81.6 cm³/mol. The maximum atomic E-state index is 11.4. The lowest BCUT2D eigenvalue weighted by Gasteiger charge is -2.17. The van der Waals surface area contributed by atoms with Gasteiger partial charge in [0.15, 0.2) is 0 Å². The molecule has 0 aliphatic rings. The van der Waals surface area contributed by atoms with Crippen molar-refractivity contribution in [3.8, 4) is 0 Å². The number of sulfonamides is 1. The molecule has 7 nitrogen and oxygen atoms in total. The molecule has 8 heteroatoms. The fourth-order valence-corrected chi connectivity index (χ4v) is 2.62. The second kappa shape index (κ2) is 7.39. The van der Waals surface area contributed by atoms with Gasteiger partial charge >= 0.3 is 0 Å². The number of anilines is 2. The van der Waals surface area contributed by atoms with Crippen LogP contribution in [0.5, 0.6) is 0 Å². The number of nitrogens with one attached hydrogen (secondary N) is 1. The molecule has 0 spiro atoms. The van der Waals surface area contributed by atoms with Crippen LogP contribution in [0.3, 0.4) is 0 Å². The summed E-state index contributed by atoms with van der Waals surface area (Å²) < 4.78 is 24.3. The minimum Gasteiger partial charge on any atom is -0.370 e. The first-order valence-electron chi connectivity index (χ1n) is 6.54. The van der Waals surface area contributed by atoms with Crippen LogP contribution >= 0.6 is 0 Å². The van der Waals surface area contributed by atoms with E-state index in [2.05, 4.69) is 15.3 Å². The molecule has 0 saturated carbocycles. The van der Waals surface area contributed by atoms with Gasteiger partial charge in [0.1, 0.15) is 5.82 Å². The summed E-state index contributed by atoms with van der Waals surface area (Å²) in [4.78, 5) is 10.3. The highest BCUT2D eigenvalue weighted by Crippen LogP contribution is 2.08. The van der Waals surface area contributed by atoms with Gasteiger partial charge in [-0.3, -0.25) is 0 Å². The summed E-state index contributed by atoms with van der Waals surface area (Å²) in [6.45, 7) is 3.50. The first-order chi connectivity index (χ1) is 9.34. The lowest BCUT2D eigenvalue weighted by atomic mass is 10.4. The molecule has 0 fully saturated rings. The van der Waals surface area contributed by atoms with Crippen molar-refractivity contribution in [2.75, 3.05) is 50.2 Å². The van der Waals surface area contributed by atoms with E-state index in [4.69, 9.17) is 0 Å². The maximum Gasteiger partial charge on any atom is 0.226 e. The van der Waals surface area contributed by atoms with E-state index in [0.717, 1.165) is 12.2 Å². The molecule has 0 unspecified atom stereocenters. The Labute approximate surface area is 121 Å². The SMILES string of the molecule is CCN(CCCNc1ccnc(N(C)C)n1)S(C)(=O)=O. The van der Waals surface area contributed by atoms with E-state index in [1.807, 2.05) is 25.9 Å². The van der Waals surface area contributed by atoms with Crippen molar-refractivity contribution in [2.45, 2.75) is 13.3 Å². The molecule has 0 aliphatic heterocycles. The third kappa shape index (κ3) is 5.30. The fourth-order valence-electron chi connectivity index (χ4n) is 1.69. The summed E-state index contributed by atoms with van der Waals surface area (Å²) in [5.41, 5.74) is 0. The van der Waals surface area contributed by atoms with E-state index in [1.54, 1.807) is 12.3 Å². The van der Waals surface area contributed by atoms with Crippen LogP contribution < -0.4 is 10.2 Å². The van der Waals surface area contributed by atoms with Gasteiger partial charge in [-0.05, 0) is 12.5 Å². The molecule has 0 aliphatic carbocycles. The van der Waals surface area contributed by atoms with Gasteiger partial charge in [-0.15, -0.1) is 0 Å². The van der Waals surface area contributed by atoms with Crippen LogP contribution in [0, 0.1) is 0 Å². The molecule has 0 saturated heterocycles. The van der Waals surface area contributed by atoms with Crippen LogP contribution in [0.1, 0.15) is 13.3 Å². The Morgan fingerprint density at radius 2 is 2.05 bits per heavy atom. The van der Waals surface area contributed by atoms with Crippen molar-refractivity contribution >= 4 is 21.8 Å². The van der Waals surface area contributed by atoms with Crippen molar-refractivity contribution in [3.63, 3.8) is 0 Å². The van der Waals surface area contributed by atoms with Gasteiger partial charge in [0.2, 0.25) is 16.0 Å². The lowest BCUT2D eigenvalue weighted by Crippen LogP contribution is -2.31. The van der Waals surface area contributed by atoms with Gasteiger partial charge in [0.25, 0.3) is 0 Å². The van der Waals surface area contributed by atoms with Crippen molar-refractivity contribution in [2.24, 2.45) is 0 Å². The molecule has 1 rings (SSSR count). The monoisotopic (exact) mass is 301 g/mol. The molecule has 0 radical (unpaired) electrons. The average molecular weight is 301 g/mol. The second-order valence-corrected chi connectivity index (χ2v) is 6.65. The standard InChI is InChI=1S/C12H23N5O2S/c1-5-17(20(4,18)19)10-6-8-13-11-7-9-14-12(15-11)16(2)3/h7,9H,5-6,8,10H2,1-4H3,(H,13,14,15). The normalized spacial score (nSPS) is 11.7. The number of rotatable bonds is 8. The summed E-state index contributed by atoms with van der Waals surface area (Å²) >= 11 is 0. The molecule has 1 aromatic heterocycles. The van der Waals surface area contributed by atoms with Gasteiger partial charge in [-0.2, -0.15) is 4.98 Å². The zero-order valence-electron chi connectivity index (χ0n) is 12.5. The predicted octanol–water partition coefficient (Wildman–Crippen LogP) is 0.626. The molecule has 1 aromatic rings. The van der Waals surface area contributed by atoms with Crippen LogP contribution in [0.4, 0.5) is 11.8 Å². The highest BCUT2D eigenvalue weighted by atomic mass is 32.2. The molecule has 20 heavy (non-hydrogen) atoms. The third-order valence-corrected chi connectivity index (χ3v) is 4.13. The third-order valence-electron chi connectivity index (χ3n) is 2.75. The first kappa shape index (κ1) is 16.6. The minimum atomic E-state index is -3.10. The van der Waals surface area contributed by atoms with Gasteiger partial charge in [0, 0.05) is 39.9 Å². The molecule has 0 amide bonds. The highest BCUT2D eigenvalue weighted by Gasteiger charge is 2.13. The van der Waals surface area contributed by atoms with E-state index < -0.39 is 10.0 Å². The van der Waals surface area contributed by atoms with Crippen LogP contribution in [0.15, 0.2) is 12.3 Å². The Kier molecular flexibility index (Phi) is 6.15. The Bertz CT molecular complexity index is 518. The van der Waals surface area contributed by atoms with Gasteiger partial charge in [0.05, 0.1) is 6.26 Å². The number of hydrogen-bond acceptors (Lipinski definition) is 6. The van der Waals surface area contributed by atoms with E-state index in [0.29, 0.717) is 25.6 Å². The molecular formula is C12H23N5O2S. The summed E-state index contributed by atoms with van der Waals surface area (Å²) in [6.07, 6.45) is 3.65. The van der Waals surface area contributed by atoms with E-state index in [1.165, 1.54) is 10.6 Å². The maximum absolute atomic E-state index is 11.4. The van der Waals surface area contributed by atoms with Crippen LogP contribution in [0.25, 0.3) is 0 Å². The zero-order chi connectivity index (χ0) is 15.2. The summed E-state index contributed by atoms with van der Waals surface area (Å²) in [6, 6.07) is 1.79. The summed E-state index contributed by atoms with van der Waals surface area (Å²) in [5, 5.41) is 3.17. The molecule has 0 atom stereocenters. The van der Waals surface area contributed by atoms with Crippen molar-refractivity contribution in [3.05, 3.63) is 12.3 Å². The number of aromatic nitrogens is 2. The quantitative estimate of drug-likeness (QED) is 0.709. The topological polar surface area (TPSA) is 78.4 Å². The number of hydrogen-bond donors (Lipinski definition) is 1. The molecule has 114 valence electrons. The van der Waals surface area contributed by atoms with Gasteiger partial charge in [-0.25, -0.2) is 17.7 Å². The van der Waals surface area contributed by atoms with Crippen molar-refractivity contribution < 1.29 is 8.42 Å². The highest BCUT2D eigenvalue weighted by molar-refractivity contribution is 7.88.